The van der Waals surface area contributed by atoms with E-state index in [-0.39, 0.29) is 24.0 Å². The Bertz CT molecular complexity index is 771. The van der Waals surface area contributed by atoms with Gasteiger partial charge < -0.3 is 20.7 Å². The number of aliphatic imine (C=N–C) groups is 1. The van der Waals surface area contributed by atoms with Crippen molar-refractivity contribution in [3.05, 3.63) is 60.2 Å². The Kier molecular flexibility index (Phi) is 9.69. The predicted octanol–water partition coefficient (Wildman–Crippen LogP) is 3.42. The maximum absolute atomic E-state index is 6.05. The Hall–Kier alpha value is -1.84. The van der Waals surface area contributed by atoms with Crippen LogP contribution in [0.1, 0.15) is 18.0 Å². The van der Waals surface area contributed by atoms with Crippen LogP contribution >= 0.6 is 24.0 Å². The number of nitrogens with one attached hydrogen (secondary N) is 1. The minimum absolute atomic E-state index is 0. The highest BCUT2D eigenvalue weighted by Crippen LogP contribution is 2.25. The SMILES string of the molecule is COc1ccccc1NC(N)=NCCCN1CCN(C)CC1c1ccccc1.I. The number of hydrogen-bond donors (Lipinski definition) is 2. The number of ether oxygens (including phenoxy) is 1. The van der Waals surface area contributed by atoms with Gasteiger partial charge in [0.15, 0.2) is 5.96 Å². The molecule has 2 aromatic rings. The number of rotatable bonds is 7. The van der Waals surface area contributed by atoms with Crippen molar-refractivity contribution in [2.24, 2.45) is 10.7 Å². The van der Waals surface area contributed by atoms with Crippen LogP contribution in [0.2, 0.25) is 0 Å². The third kappa shape index (κ3) is 6.87. The average Bonchev–Trinajstić information content (AvgIpc) is 2.73. The van der Waals surface area contributed by atoms with E-state index < -0.39 is 0 Å². The monoisotopic (exact) mass is 509 g/mol. The summed E-state index contributed by atoms with van der Waals surface area (Å²) in [5.74, 6) is 1.17. The number of nitrogens with zero attached hydrogens (tertiary/aromatic N) is 3. The third-order valence-corrected chi connectivity index (χ3v) is 5.13. The summed E-state index contributed by atoms with van der Waals surface area (Å²) < 4.78 is 5.33. The Morgan fingerprint density at radius 1 is 1.14 bits per heavy atom. The molecule has 1 saturated heterocycles. The maximum atomic E-state index is 6.05. The van der Waals surface area contributed by atoms with E-state index in [0.29, 0.717) is 18.5 Å². The minimum atomic E-state index is 0. The van der Waals surface area contributed by atoms with Gasteiger partial charge in [-0.15, -0.1) is 24.0 Å². The lowest BCUT2D eigenvalue weighted by atomic mass is 10.0. The van der Waals surface area contributed by atoms with Crippen LogP contribution in [0.15, 0.2) is 59.6 Å². The number of hydrogen-bond acceptors (Lipinski definition) is 4. The Balaban J connectivity index is 0.00000300. The maximum Gasteiger partial charge on any atom is 0.193 e. The largest absolute Gasteiger partial charge is 0.495 e. The first-order chi connectivity index (χ1) is 13.7. The lowest BCUT2D eigenvalue weighted by molar-refractivity contribution is 0.0894. The second-order valence-electron chi connectivity index (χ2n) is 7.17. The molecular formula is C22H32IN5O. The molecule has 0 spiro atoms. The van der Waals surface area contributed by atoms with Crippen molar-refractivity contribution in [1.82, 2.24) is 9.80 Å². The van der Waals surface area contributed by atoms with E-state index in [0.717, 1.165) is 44.0 Å². The van der Waals surface area contributed by atoms with Crippen LogP contribution in [0.25, 0.3) is 0 Å². The number of benzene rings is 2. The van der Waals surface area contributed by atoms with Gasteiger partial charge in [0.1, 0.15) is 5.75 Å². The molecule has 0 saturated carbocycles. The van der Waals surface area contributed by atoms with Gasteiger partial charge in [-0.05, 0) is 31.2 Å². The van der Waals surface area contributed by atoms with Gasteiger partial charge in [-0.1, -0.05) is 42.5 Å². The average molecular weight is 509 g/mol. The van der Waals surface area contributed by atoms with Crippen LogP contribution < -0.4 is 15.8 Å². The summed E-state index contributed by atoms with van der Waals surface area (Å²) in [6, 6.07) is 18.9. The van der Waals surface area contributed by atoms with Gasteiger partial charge in [-0.2, -0.15) is 0 Å². The standard InChI is InChI=1S/C22H31N5O.HI/c1-26-15-16-27(20(17-26)18-9-4-3-5-10-18)14-8-13-24-22(23)25-19-11-6-7-12-21(19)28-2;/h3-7,9-12,20H,8,13-17H2,1-2H3,(H3,23,24,25);1H. The highest BCUT2D eigenvalue weighted by atomic mass is 127. The molecule has 2 aromatic carbocycles. The summed E-state index contributed by atoms with van der Waals surface area (Å²) in [7, 11) is 3.84. The van der Waals surface area contributed by atoms with Crippen molar-refractivity contribution < 1.29 is 4.74 Å². The Labute approximate surface area is 191 Å². The van der Waals surface area contributed by atoms with E-state index in [2.05, 4.69) is 57.5 Å². The molecule has 3 rings (SSSR count). The molecule has 0 amide bonds. The summed E-state index contributed by atoms with van der Waals surface area (Å²) in [6.07, 6.45) is 0.974. The lowest BCUT2D eigenvalue weighted by Crippen LogP contribution is -2.47. The van der Waals surface area contributed by atoms with E-state index in [1.807, 2.05) is 24.3 Å². The number of nitrogens with two attached hydrogens (primary N) is 1. The number of guanidine groups is 1. The fourth-order valence-electron chi connectivity index (χ4n) is 3.61. The summed E-state index contributed by atoms with van der Waals surface area (Å²) in [5.41, 5.74) is 8.26. The summed E-state index contributed by atoms with van der Waals surface area (Å²) in [4.78, 5) is 9.45. The molecule has 0 aliphatic carbocycles. The van der Waals surface area contributed by atoms with Gasteiger partial charge in [0.25, 0.3) is 0 Å². The highest BCUT2D eigenvalue weighted by Gasteiger charge is 2.25. The van der Waals surface area contributed by atoms with Crippen molar-refractivity contribution >= 4 is 35.6 Å². The molecule has 1 unspecified atom stereocenters. The van der Waals surface area contributed by atoms with Gasteiger partial charge in [-0.3, -0.25) is 9.89 Å². The molecular weight excluding hydrogens is 477 g/mol. The topological polar surface area (TPSA) is 66.1 Å². The molecule has 158 valence electrons. The van der Waals surface area contributed by atoms with E-state index in [4.69, 9.17) is 10.5 Å². The molecule has 0 radical (unpaired) electrons. The highest BCUT2D eigenvalue weighted by molar-refractivity contribution is 14.0. The van der Waals surface area contributed by atoms with Crippen LogP contribution in [0.4, 0.5) is 5.69 Å². The molecule has 7 heteroatoms. The zero-order valence-electron chi connectivity index (χ0n) is 17.3. The first-order valence-electron chi connectivity index (χ1n) is 9.85. The predicted molar refractivity (Wildman–Crippen MR) is 131 cm³/mol. The van der Waals surface area contributed by atoms with Crippen LogP contribution in [0.3, 0.4) is 0 Å². The van der Waals surface area contributed by atoms with Gasteiger partial charge >= 0.3 is 0 Å². The first-order valence-corrected chi connectivity index (χ1v) is 9.85. The van der Waals surface area contributed by atoms with Crippen LogP contribution in [-0.2, 0) is 0 Å². The van der Waals surface area contributed by atoms with Gasteiger partial charge in [-0.25, -0.2) is 0 Å². The lowest BCUT2D eigenvalue weighted by Gasteiger charge is -2.40. The van der Waals surface area contributed by atoms with Gasteiger partial charge in [0.2, 0.25) is 0 Å². The van der Waals surface area contributed by atoms with Crippen LogP contribution in [-0.4, -0.2) is 62.6 Å². The Morgan fingerprint density at radius 3 is 2.62 bits per heavy atom. The van der Waals surface area contributed by atoms with E-state index in [9.17, 15) is 0 Å². The van der Waals surface area contributed by atoms with E-state index in [1.54, 1.807) is 7.11 Å². The smallest absolute Gasteiger partial charge is 0.193 e. The molecule has 1 aliphatic heterocycles. The van der Waals surface area contributed by atoms with Crippen molar-refractivity contribution in [2.45, 2.75) is 12.5 Å². The number of halogens is 1. The van der Waals surface area contributed by atoms with Crippen molar-refractivity contribution in [3.8, 4) is 5.75 Å². The van der Waals surface area contributed by atoms with Crippen molar-refractivity contribution in [1.29, 1.82) is 0 Å². The number of piperazine rings is 1. The minimum Gasteiger partial charge on any atom is -0.495 e. The van der Waals surface area contributed by atoms with E-state index in [1.165, 1.54) is 5.56 Å². The summed E-state index contributed by atoms with van der Waals surface area (Å²) >= 11 is 0. The fourth-order valence-corrected chi connectivity index (χ4v) is 3.61. The summed E-state index contributed by atoms with van der Waals surface area (Å²) in [6.45, 7) is 4.95. The molecule has 0 aromatic heterocycles. The van der Waals surface area contributed by atoms with Crippen LogP contribution in [0, 0.1) is 0 Å². The second-order valence-corrected chi connectivity index (χ2v) is 7.17. The van der Waals surface area contributed by atoms with Crippen molar-refractivity contribution in [2.75, 3.05) is 52.2 Å². The quantitative estimate of drug-likeness (QED) is 0.259. The normalized spacial score (nSPS) is 18.1. The van der Waals surface area contributed by atoms with Crippen LogP contribution in [0.5, 0.6) is 5.75 Å². The van der Waals surface area contributed by atoms with Gasteiger partial charge in [0.05, 0.1) is 12.8 Å². The number of likely N-dealkylation sites (N-methyl/N-ethyl adjacent to an activating group) is 1. The molecule has 1 atom stereocenters. The van der Waals surface area contributed by atoms with Crippen molar-refractivity contribution in [3.63, 3.8) is 0 Å². The molecule has 1 aliphatic rings. The molecule has 6 nitrogen and oxygen atoms in total. The third-order valence-electron chi connectivity index (χ3n) is 5.13. The summed E-state index contributed by atoms with van der Waals surface area (Å²) in [5, 5.41) is 3.12. The molecule has 3 N–H and O–H groups in total. The molecule has 0 bridgehead atoms. The number of anilines is 1. The first kappa shape index (κ1) is 23.4. The zero-order valence-corrected chi connectivity index (χ0v) is 19.6. The number of para-hydroxylation sites is 2. The molecule has 29 heavy (non-hydrogen) atoms. The fraction of sp³-hybridized carbons (Fsp3) is 0.409. The molecule has 1 heterocycles. The number of methoxy groups -OCH3 is 1. The second kappa shape index (κ2) is 12.0. The Morgan fingerprint density at radius 2 is 1.86 bits per heavy atom. The molecule has 1 fully saturated rings. The van der Waals surface area contributed by atoms with E-state index >= 15 is 0 Å². The zero-order chi connectivity index (χ0) is 19.8. The van der Waals surface area contributed by atoms with Gasteiger partial charge in [0, 0.05) is 38.8 Å².